The zero-order valence-corrected chi connectivity index (χ0v) is 18.4. The van der Waals surface area contributed by atoms with Crippen LogP contribution in [-0.4, -0.2) is 55.0 Å². The van der Waals surface area contributed by atoms with Crippen LogP contribution in [0.1, 0.15) is 52.5 Å². The Morgan fingerprint density at radius 2 is 1.97 bits per heavy atom. The molecular formula is C23H37N5O. The number of carbonyl (C=O) groups is 1. The number of hydrogen-bond donors (Lipinski definition) is 2. The SMILES string of the molecule is CCNC(=NCc1ccc(N2CCCCC2=O)cc1)NC1CN(C(C)C)CC1C. The van der Waals surface area contributed by atoms with E-state index in [1.54, 1.807) is 0 Å². The van der Waals surface area contributed by atoms with Crippen molar-refractivity contribution in [3.8, 4) is 0 Å². The lowest BCUT2D eigenvalue weighted by molar-refractivity contribution is -0.119. The predicted octanol–water partition coefficient (Wildman–Crippen LogP) is 2.99. The Balaban J connectivity index is 1.60. The number of hydrogen-bond acceptors (Lipinski definition) is 3. The zero-order chi connectivity index (χ0) is 20.8. The fraction of sp³-hybridized carbons (Fsp3) is 0.652. The Morgan fingerprint density at radius 1 is 1.21 bits per heavy atom. The highest BCUT2D eigenvalue weighted by atomic mass is 16.2. The van der Waals surface area contributed by atoms with E-state index in [1.807, 2.05) is 17.0 Å². The molecular weight excluding hydrogens is 362 g/mol. The molecule has 2 N–H and O–H groups in total. The molecule has 1 aromatic carbocycles. The molecule has 2 saturated heterocycles. The first-order valence-electron chi connectivity index (χ1n) is 11.2. The van der Waals surface area contributed by atoms with E-state index in [4.69, 9.17) is 4.99 Å². The normalized spacial score (nSPS) is 23.7. The van der Waals surface area contributed by atoms with E-state index in [0.717, 1.165) is 56.2 Å². The van der Waals surface area contributed by atoms with Gasteiger partial charge in [-0.25, -0.2) is 4.99 Å². The highest BCUT2D eigenvalue weighted by Gasteiger charge is 2.31. The summed E-state index contributed by atoms with van der Waals surface area (Å²) in [4.78, 5) is 21.3. The monoisotopic (exact) mass is 399 g/mol. The average Bonchev–Trinajstić information content (AvgIpc) is 3.08. The number of carbonyl (C=O) groups excluding carboxylic acids is 1. The molecule has 160 valence electrons. The fourth-order valence-corrected chi connectivity index (χ4v) is 4.14. The summed E-state index contributed by atoms with van der Waals surface area (Å²) in [6, 6.07) is 9.27. The van der Waals surface area contributed by atoms with E-state index >= 15 is 0 Å². The van der Waals surface area contributed by atoms with Crippen molar-refractivity contribution in [3.63, 3.8) is 0 Å². The number of nitrogens with zero attached hydrogens (tertiary/aromatic N) is 3. The van der Waals surface area contributed by atoms with E-state index in [1.165, 1.54) is 0 Å². The van der Waals surface area contributed by atoms with Crippen LogP contribution in [0.25, 0.3) is 0 Å². The quantitative estimate of drug-likeness (QED) is 0.570. The third-order valence-electron chi connectivity index (χ3n) is 6.03. The first-order valence-corrected chi connectivity index (χ1v) is 11.2. The highest BCUT2D eigenvalue weighted by Crippen LogP contribution is 2.22. The first kappa shape index (κ1) is 21.6. The van der Waals surface area contributed by atoms with Crippen LogP contribution in [0.4, 0.5) is 5.69 Å². The van der Waals surface area contributed by atoms with E-state index in [0.29, 0.717) is 31.0 Å². The van der Waals surface area contributed by atoms with Gasteiger partial charge in [0.05, 0.1) is 6.54 Å². The third-order valence-corrected chi connectivity index (χ3v) is 6.03. The summed E-state index contributed by atoms with van der Waals surface area (Å²) in [6.07, 6.45) is 2.76. The number of anilines is 1. The van der Waals surface area contributed by atoms with Crippen LogP contribution in [0, 0.1) is 5.92 Å². The smallest absolute Gasteiger partial charge is 0.226 e. The third kappa shape index (κ3) is 5.72. The van der Waals surface area contributed by atoms with Crippen LogP contribution in [0.15, 0.2) is 29.3 Å². The van der Waals surface area contributed by atoms with Crippen LogP contribution in [0.2, 0.25) is 0 Å². The Bertz CT molecular complexity index is 700. The number of aliphatic imine (C=N–C) groups is 1. The van der Waals surface area contributed by atoms with Crippen molar-refractivity contribution >= 4 is 17.6 Å². The predicted molar refractivity (Wildman–Crippen MR) is 120 cm³/mol. The first-order chi connectivity index (χ1) is 14.0. The van der Waals surface area contributed by atoms with Gasteiger partial charge in [-0.2, -0.15) is 0 Å². The summed E-state index contributed by atoms with van der Waals surface area (Å²) in [5.74, 6) is 1.72. The topological polar surface area (TPSA) is 60.0 Å². The van der Waals surface area contributed by atoms with Gasteiger partial charge in [-0.15, -0.1) is 0 Å². The van der Waals surface area contributed by atoms with Crippen molar-refractivity contribution in [1.82, 2.24) is 15.5 Å². The molecule has 2 unspecified atom stereocenters. The van der Waals surface area contributed by atoms with Gasteiger partial charge in [-0.3, -0.25) is 9.69 Å². The standard InChI is InChI=1S/C23H37N5O/c1-5-24-23(26-21-16-27(17(2)3)15-18(21)4)25-14-19-9-11-20(12-10-19)28-13-7-6-8-22(28)29/h9-12,17-18,21H,5-8,13-16H2,1-4H3,(H2,24,25,26). The molecule has 29 heavy (non-hydrogen) atoms. The Morgan fingerprint density at radius 3 is 2.59 bits per heavy atom. The second-order valence-corrected chi connectivity index (χ2v) is 8.64. The number of guanidine groups is 1. The number of rotatable bonds is 6. The summed E-state index contributed by atoms with van der Waals surface area (Å²) in [5, 5.41) is 7.02. The molecule has 1 amide bonds. The Kier molecular flexibility index (Phi) is 7.53. The second-order valence-electron chi connectivity index (χ2n) is 8.64. The van der Waals surface area contributed by atoms with Crippen LogP contribution < -0.4 is 15.5 Å². The van der Waals surface area contributed by atoms with Crippen LogP contribution in [-0.2, 0) is 11.3 Å². The summed E-state index contributed by atoms with van der Waals surface area (Å²) in [6.45, 7) is 13.4. The zero-order valence-electron chi connectivity index (χ0n) is 18.4. The minimum Gasteiger partial charge on any atom is -0.357 e. The second kappa shape index (κ2) is 10.1. The minimum absolute atomic E-state index is 0.238. The van der Waals surface area contributed by atoms with Crippen molar-refractivity contribution < 1.29 is 4.79 Å². The molecule has 2 aliphatic rings. The van der Waals surface area contributed by atoms with Gasteiger partial charge in [-0.1, -0.05) is 19.1 Å². The molecule has 6 heteroatoms. The molecule has 3 rings (SSSR count). The number of likely N-dealkylation sites (tertiary alicyclic amines) is 1. The Labute approximate surface area is 175 Å². The highest BCUT2D eigenvalue weighted by molar-refractivity contribution is 5.93. The van der Waals surface area contributed by atoms with Gasteiger partial charge in [0.2, 0.25) is 5.91 Å². The summed E-state index contributed by atoms with van der Waals surface area (Å²) < 4.78 is 0. The van der Waals surface area contributed by atoms with Gasteiger partial charge in [0.15, 0.2) is 5.96 Å². The van der Waals surface area contributed by atoms with Gasteiger partial charge in [0, 0.05) is 50.4 Å². The molecule has 2 fully saturated rings. The molecule has 2 heterocycles. The van der Waals surface area contributed by atoms with Gasteiger partial charge in [-0.05, 0) is 57.2 Å². The molecule has 0 spiro atoms. The lowest BCUT2D eigenvalue weighted by Gasteiger charge is -2.26. The number of benzene rings is 1. The minimum atomic E-state index is 0.238. The molecule has 0 aliphatic carbocycles. The van der Waals surface area contributed by atoms with E-state index in [2.05, 4.69) is 55.4 Å². The molecule has 6 nitrogen and oxygen atoms in total. The molecule has 0 saturated carbocycles. The number of piperidine rings is 1. The maximum atomic E-state index is 12.1. The maximum absolute atomic E-state index is 12.1. The van der Waals surface area contributed by atoms with Gasteiger partial charge in [0.1, 0.15) is 0 Å². The van der Waals surface area contributed by atoms with Crippen molar-refractivity contribution in [3.05, 3.63) is 29.8 Å². The van der Waals surface area contributed by atoms with Crippen molar-refractivity contribution in [1.29, 1.82) is 0 Å². The average molecular weight is 400 g/mol. The lowest BCUT2D eigenvalue weighted by atomic mass is 10.1. The summed E-state index contributed by atoms with van der Waals surface area (Å²) >= 11 is 0. The van der Waals surface area contributed by atoms with Gasteiger partial charge < -0.3 is 15.5 Å². The van der Waals surface area contributed by atoms with Crippen LogP contribution in [0.3, 0.4) is 0 Å². The molecule has 0 aromatic heterocycles. The van der Waals surface area contributed by atoms with Crippen molar-refractivity contribution in [2.45, 2.75) is 65.6 Å². The molecule has 2 atom stereocenters. The fourth-order valence-electron chi connectivity index (χ4n) is 4.14. The summed E-state index contributed by atoms with van der Waals surface area (Å²) in [5.41, 5.74) is 2.15. The van der Waals surface area contributed by atoms with E-state index < -0.39 is 0 Å². The maximum Gasteiger partial charge on any atom is 0.226 e. The van der Waals surface area contributed by atoms with Gasteiger partial charge >= 0.3 is 0 Å². The largest absolute Gasteiger partial charge is 0.357 e. The Hall–Kier alpha value is -2.08. The van der Waals surface area contributed by atoms with Gasteiger partial charge in [0.25, 0.3) is 0 Å². The van der Waals surface area contributed by atoms with Crippen molar-refractivity contribution in [2.24, 2.45) is 10.9 Å². The van der Waals surface area contributed by atoms with Crippen LogP contribution >= 0.6 is 0 Å². The lowest BCUT2D eigenvalue weighted by Crippen LogP contribution is -2.46. The molecule has 1 aromatic rings. The number of nitrogens with one attached hydrogen (secondary N) is 2. The van der Waals surface area contributed by atoms with Crippen molar-refractivity contribution in [2.75, 3.05) is 31.1 Å². The molecule has 2 aliphatic heterocycles. The van der Waals surface area contributed by atoms with E-state index in [9.17, 15) is 4.79 Å². The molecule has 0 radical (unpaired) electrons. The molecule has 0 bridgehead atoms. The van der Waals surface area contributed by atoms with Crippen LogP contribution in [0.5, 0.6) is 0 Å². The van der Waals surface area contributed by atoms with E-state index in [-0.39, 0.29) is 5.91 Å². The summed E-state index contributed by atoms with van der Waals surface area (Å²) in [7, 11) is 0. The number of amides is 1.